The van der Waals surface area contributed by atoms with Gasteiger partial charge in [0.05, 0.1) is 12.1 Å². The second-order valence-electron chi connectivity index (χ2n) is 6.99. The third-order valence-electron chi connectivity index (χ3n) is 5.22. The van der Waals surface area contributed by atoms with E-state index in [0.29, 0.717) is 12.5 Å². The van der Waals surface area contributed by atoms with Crippen LogP contribution in [-0.4, -0.2) is 28.6 Å². The van der Waals surface area contributed by atoms with Crippen LogP contribution in [0.4, 0.5) is 0 Å². The van der Waals surface area contributed by atoms with Crippen molar-refractivity contribution in [2.24, 2.45) is 0 Å². The van der Waals surface area contributed by atoms with Gasteiger partial charge >= 0.3 is 0 Å². The summed E-state index contributed by atoms with van der Waals surface area (Å²) in [5.74, 6) is 1.07. The summed E-state index contributed by atoms with van der Waals surface area (Å²) in [5, 5.41) is 4.13. The van der Waals surface area contributed by atoms with Crippen LogP contribution in [0.1, 0.15) is 54.8 Å². The normalized spacial score (nSPS) is 17.2. The molecular formula is C21H28N2O2. The summed E-state index contributed by atoms with van der Waals surface area (Å²) in [6, 6.07) is 8.97. The lowest BCUT2D eigenvalue weighted by atomic mass is 10.0. The Hall–Kier alpha value is -2.10. The van der Waals surface area contributed by atoms with Crippen molar-refractivity contribution in [3.8, 4) is 0 Å². The Balaban J connectivity index is 1.70. The molecule has 2 heterocycles. The molecule has 1 aliphatic heterocycles. The lowest BCUT2D eigenvalue weighted by molar-refractivity contribution is -0.131. The SMILES string of the molecule is CCc1noc(CC)c1CC(=O)N1CCCC1Cc1ccc(C)cc1. The molecule has 0 spiro atoms. The molecule has 1 aliphatic rings. The quantitative estimate of drug-likeness (QED) is 0.801. The molecule has 1 unspecified atom stereocenters. The Morgan fingerprint density at radius 3 is 2.68 bits per heavy atom. The summed E-state index contributed by atoms with van der Waals surface area (Å²) >= 11 is 0. The van der Waals surface area contributed by atoms with Crippen LogP contribution in [0.3, 0.4) is 0 Å². The molecule has 4 heteroatoms. The van der Waals surface area contributed by atoms with Crippen LogP contribution in [0, 0.1) is 6.92 Å². The minimum absolute atomic E-state index is 0.210. The second-order valence-corrected chi connectivity index (χ2v) is 6.99. The lowest BCUT2D eigenvalue weighted by Gasteiger charge is -2.25. The topological polar surface area (TPSA) is 46.3 Å². The van der Waals surface area contributed by atoms with Gasteiger partial charge in [-0.1, -0.05) is 48.8 Å². The van der Waals surface area contributed by atoms with E-state index in [2.05, 4.69) is 48.2 Å². The Morgan fingerprint density at radius 2 is 2.00 bits per heavy atom. The Kier molecular flexibility index (Phi) is 5.57. The van der Waals surface area contributed by atoms with Crippen molar-refractivity contribution in [2.75, 3.05) is 6.54 Å². The van der Waals surface area contributed by atoms with E-state index in [-0.39, 0.29) is 5.91 Å². The third-order valence-corrected chi connectivity index (χ3v) is 5.22. The van der Waals surface area contributed by atoms with Crippen LogP contribution in [0.5, 0.6) is 0 Å². The second kappa shape index (κ2) is 7.85. The molecule has 0 radical (unpaired) electrons. The number of aryl methyl sites for hydroxylation is 3. The number of hydrogen-bond donors (Lipinski definition) is 0. The Labute approximate surface area is 150 Å². The molecule has 4 nitrogen and oxygen atoms in total. The van der Waals surface area contributed by atoms with Crippen molar-refractivity contribution >= 4 is 5.91 Å². The highest BCUT2D eigenvalue weighted by atomic mass is 16.5. The highest BCUT2D eigenvalue weighted by molar-refractivity contribution is 5.80. The van der Waals surface area contributed by atoms with Crippen LogP contribution >= 0.6 is 0 Å². The third kappa shape index (κ3) is 3.94. The smallest absolute Gasteiger partial charge is 0.227 e. The van der Waals surface area contributed by atoms with Crippen LogP contribution < -0.4 is 0 Å². The number of nitrogens with zero attached hydrogens (tertiary/aromatic N) is 2. The maximum atomic E-state index is 13.0. The molecule has 1 aromatic carbocycles. The first-order valence-electron chi connectivity index (χ1n) is 9.43. The van der Waals surface area contributed by atoms with Crippen LogP contribution in [0.25, 0.3) is 0 Å². The van der Waals surface area contributed by atoms with Crippen LogP contribution in [-0.2, 0) is 30.5 Å². The zero-order chi connectivity index (χ0) is 17.8. The molecule has 0 saturated carbocycles. The standard InChI is InChI=1S/C21H28N2O2/c1-4-19-18(20(5-2)25-22-19)14-21(24)23-12-6-7-17(23)13-16-10-8-15(3)9-11-16/h8-11,17H,4-7,12-14H2,1-3H3. The predicted octanol–water partition coefficient (Wildman–Crippen LogP) is 3.88. The van der Waals surface area contributed by atoms with E-state index in [1.807, 2.05) is 6.92 Å². The van der Waals surface area contributed by atoms with Gasteiger partial charge in [0, 0.05) is 24.6 Å². The molecular weight excluding hydrogens is 312 g/mol. The molecule has 0 N–H and O–H groups in total. The lowest BCUT2D eigenvalue weighted by Crippen LogP contribution is -2.38. The number of carbonyl (C=O) groups is 1. The number of amides is 1. The first-order valence-corrected chi connectivity index (χ1v) is 9.43. The number of likely N-dealkylation sites (tertiary alicyclic amines) is 1. The summed E-state index contributed by atoms with van der Waals surface area (Å²) in [7, 11) is 0. The monoisotopic (exact) mass is 340 g/mol. The van der Waals surface area contributed by atoms with Crippen molar-refractivity contribution < 1.29 is 9.32 Å². The Bertz CT molecular complexity index is 696. The molecule has 2 aromatic rings. The first kappa shape index (κ1) is 17.7. The minimum Gasteiger partial charge on any atom is -0.361 e. The van der Waals surface area contributed by atoms with E-state index < -0.39 is 0 Å². The van der Waals surface area contributed by atoms with E-state index in [4.69, 9.17) is 4.52 Å². The average molecular weight is 340 g/mol. The fraction of sp³-hybridized carbons (Fsp3) is 0.524. The Morgan fingerprint density at radius 1 is 1.24 bits per heavy atom. The highest BCUT2D eigenvalue weighted by Crippen LogP contribution is 2.24. The van der Waals surface area contributed by atoms with Gasteiger partial charge in [-0.3, -0.25) is 4.79 Å². The summed E-state index contributed by atoms with van der Waals surface area (Å²) in [6.45, 7) is 7.07. The van der Waals surface area contributed by atoms with Gasteiger partial charge in [-0.2, -0.15) is 0 Å². The van der Waals surface area contributed by atoms with Gasteiger partial charge in [-0.05, 0) is 38.2 Å². The summed E-state index contributed by atoms with van der Waals surface area (Å²) in [4.78, 5) is 15.0. The molecule has 1 amide bonds. The number of carbonyl (C=O) groups excluding carboxylic acids is 1. The van der Waals surface area contributed by atoms with Gasteiger partial charge in [-0.15, -0.1) is 0 Å². The van der Waals surface area contributed by atoms with Crippen molar-refractivity contribution in [1.29, 1.82) is 0 Å². The molecule has 25 heavy (non-hydrogen) atoms. The summed E-state index contributed by atoms with van der Waals surface area (Å²) in [5.41, 5.74) is 4.52. The number of rotatable bonds is 6. The first-order chi connectivity index (χ1) is 12.1. The van der Waals surface area contributed by atoms with Crippen molar-refractivity contribution in [3.05, 3.63) is 52.4 Å². The van der Waals surface area contributed by atoms with Gasteiger partial charge in [-0.25, -0.2) is 0 Å². The van der Waals surface area contributed by atoms with E-state index in [9.17, 15) is 4.79 Å². The van der Waals surface area contributed by atoms with E-state index in [1.165, 1.54) is 11.1 Å². The molecule has 0 bridgehead atoms. The van der Waals surface area contributed by atoms with Crippen molar-refractivity contribution in [3.63, 3.8) is 0 Å². The number of benzene rings is 1. The molecule has 1 fully saturated rings. The van der Waals surface area contributed by atoms with Gasteiger partial charge < -0.3 is 9.42 Å². The minimum atomic E-state index is 0.210. The molecule has 0 aliphatic carbocycles. The maximum Gasteiger partial charge on any atom is 0.227 e. The zero-order valence-electron chi connectivity index (χ0n) is 15.5. The maximum absolute atomic E-state index is 13.0. The predicted molar refractivity (Wildman–Crippen MR) is 98.6 cm³/mol. The fourth-order valence-electron chi connectivity index (χ4n) is 3.76. The molecule has 3 rings (SSSR count). The van der Waals surface area contributed by atoms with Gasteiger partial charge in [0.1, 0.15) is 5.76 Å². The fourth-order valence-corrected chi connectivity index (χ4v) is 3.76. The van der Waals surface area contributed by atoms with E-state index in [1.54, 1.807) is 0 Å². The molecule has 1 saturated heterocycles. The van der Waals surface area contributed by atoms with Crippen LogP contribution in [0.15, 0.2) is 28.8 Å². The summed E-state index contributed by atoms with van der Waals surface area (Å²) in [6.07, 6.45) is 5.12. The number of aromatic nitrogens is 1. The van der Waals surface area contributed by atoms with E-state index >= 15 is 0 Å². The van der Waals surface area contributed by atoms with E-state index in [0.717, 1.165) is 55.7 Å². The van der Waals surface area contributed by atoms with Crippen molar-refractivity contribution in [1.82, 2.24) is 10.1 Å². The van der Waals surface area contributed by atoms with Gasteiger partial charge in [0.15, 0.2) is 0 Å². The average Bonchev–Trinajstić information content (AvgIpc) is 3.23. The molecule has 1 aromatic heterocycles. The summed E-state index contributed by atoms with van der Waals surface area (Å²) < 4.78 is 5.41. The van der Waals surface area contributed by atoms with Crippen molar-refractivity contribution in [2.45, 2.75) is 65.3 Å². The van der Waals surface area contributed by atoms with Gasteiger partial charge in [0.25, 0.3) is 0 Å². The molecule has 134 valence electrons. The molecule has 1 atom stereocenters. The van der Waals surface area contributed by atoms with Crippen LogP contribution in [0.2, 0.25) is 0 Å². The largest absolute Gasteiger partial charge is 0.361 e. The van der Waals surface area contributed by atoms with Gasteiger partial charge in [0.2, 0.25) is 5.91 Å². The number of hydrogen-bond acceptors (Lipinski definition) is 3. The highest BCUT2D eigenvalue weighted by Gasteiger charge is 2.30. The zero-order valence-corrected chi connectivity index (χ0v) is 15.5.